The lowest BCUT2D eigenvalue weighted by Crippen LogP contribution is -2.42. The number of esters is 1. The zero-order valence-corrected chi connectivity index (χ0v) is 12.3. The maximum Gasteiger partial charge on any atom is 0.354 e. The molecule has 1 aromatic rings. The van der Waals surface area contributed by atoms with Gasteiger partial charge in [-0.3, -0.25) is 4.79 Å². The van der Waals surface area contributed by atoms with Crippen molar-refractivity contribution in [1.29, 1.82) is 0 Å². The fourth-order valence-corrected chi connectivity index (χ4v) is 2.25. The zero-order valence-electron chi connectivity index (χ0n) is 12.3. The molecule has 1 amide bonds. The first-order valence-electron chi connectivity index (χ1n) is 6.73. The minimum absolute atomic E-state index is 0.0372. The second kappa shape index (κ2) is 5.65. The highest BCUT2D eigenvalue weighted by Crippen LogP contribution is 2.35. The zero-order chi connectivity index (χ0) is 15.6. The Kier molecular flexibility index (Phi) is 4.09. The number of carbonyl (C=O) groups is 2. The summed E-state index contributed by atoms with van der Waals surface area (Å²) in [5.41, 5.74) is -0.0792. The molecule has 1 aromatic carbocycles. The molecule has 1 N–H and O–H groups in total. The summed E-state index contributed by atoms with van der Waals surface area (Å²) in [6.45, 7) is 5.10. The molecule has 1 atom stereocenters. The van der Waals surface area contributed by atoms with Crippen molar-refractivity contribution in [1.82, 2.24) is 5.01 Å². The van der Waals surface area contributed by atoms with Crippen LogP contribution >= 0.6 is 0 Å². The molecule has 6 heteroatoms. The number of carbonyl (C=O) groups excluding carboxylic acids is 2. The number of rotatable bonds is 3. The van der Waals surface area contributed by atoms with Crippen molar-refractivity contribution in [2.75, 3.05) is 6.61 Å². The van der Waals surface area contributed by atoms with E-state index in [1.165, 1.54) is 6.92 Å². The van der Waals surface area contributed by atoms with Crippen molar-refractivity contribution in [3.63, 3.8) is 0 Å². The number of amides is 1. The molecule has 6 nitrogen and oxygen atoms in total. The lowest BCUT2D eigenvalue weighted by atomic mass is 9.96. The number of hydrogen-bond donors (Lipinski definition) is 1. The van der Waals surface area contributed by atoms with Crippen LogP contribution in [0.25, 0.3) is 0 Å². The summed E-state index contributed by atoms with van der Waals surface area (Å²) < 4.78 is 4.88. The van der Waals surface area contributed by atoms with Crippen LogP contribution in [0.1, 0.15) is 31.4 Å². The third-order valence-electron chi connectivity index (χ3n) is 3.31. The van der Waals surface area contributed by atoms with Crippen LogP contribution in [0.2, 0.25) is 0 Å². The quantitative estimate of drug-likeness (QED) is 0.851. The summed E-state index contributed by atoms with van der Waals surface area (Å²) in [5.74, 6) is -1.07. The van der Waals surface area contributed by atoms with Gasteiger partial charge in [0.15, 0.2) is 11.4 Å². The molecule has 21 heavy (non-hydrogen) atoms. The van der Waals surface area contributed by atoms with Crippen molar-refractivity contribution in [2.45, 2.75) is 32.9 Å². The van der Waals surface area contributed by atoms with E-state index in [2.05, 4.69) is 5.10 Å². The molecule has 0 unspecified atom stereocenters. The van der Waals surface area contributed by atoms with E-state index >= 15 is 0 Å². The van der Waals surface area contributed by atoms with E-state index < -0.39 is 17.6 Å². The van der Waals surface area contributed by atoms with Crippen molar-refractivity contribution >= 4 is 17.6 Å². The molecule has 112 valence electrons. The first-order chi connectivity index (χ1) is 9.88. The second-order valence-electron chi connectivity index (χ2n) is 4.96. The molecular formula is C15H18N2O4. The number of aryl methyl sites for hydroxylation is 1. The minimum atomic E-state index is -1.65. The Hall–Kier alpha value is -2.21. The maximum atomic E-state index is 11.8. The summed E-state index contributed by atoms with van der Waals surface area (Å²) in [4.78, 5) is 23.5. The third kappa shape index (κ3) is 2.80. The number of nitrogens with zero attached hydrogens (tertiary/aromatic N) is 2. The van der Waals surface area contributed by atoms with Crippen LogP contribution < -0.4 is 0 Å². The molecule has 1 aliphatic heterocycles. The Morgan fingerprint density at radius 3 is 2.52 bits per heavy atom. The lowest BCUT2D eigenvalue weighted by Gasteiger charge is -2.30. The van der Waals surface area contributed by atoms with Crippen LogP contribution in [0.5, 0.6) is 0 Å². The first kappa shape index (κ1) is 15.2. The Balaban J connectivity index is 2.37. The number of ether oxygens (including phenoxy) is 1. The average Bonchev–Trinajstić information content (AvgIpc) is 2.79. The van der Waals surface area contributed by atoms with Crippen LogP contribution in [0.15, 0.2) is 29.4 Å². The van der Waals surface area contributed by atoms with Crippen LogP contribution in [0.3, 0.4) is 0 Å². The topological polar surface area (TPSA) is 79.2 Å². The summed E-state index contributed by atoms with van der Waals surface area (Å²) in [6, 6.07) is 7.09. The predicted octanol–water partition coefficient (Wildman–Crippen LogP) is 1.31. The monoisotopic (exact) mass is 290 g/mol. The van der Waals surface area contributed by atoms with Crippen molar-refractivity contribution in [2.24, 2.45) is 5.10 Å². The summed E-state index contributed by atoms with van der Waals surface area (Å²) in [7, 11) is 0. The Labute approximate surface area is 123 Å². The van der Waals surface area contributed by atoms with E-state index in [1.807, 2.05) is 19.1 Å². The number of benzene rings is 1. The SMILES string of the molecule is CCOC(=O)C1=NN(C(C)=O)[C@@](O)(c2ccc(C)cc2)C1. The average molecular weight is 290 g/mol. The molecular weight excluding hydrogens is 272 g/mol. The third-order valence-corrected chi connectivity index (χ3v) is 3.31. The predicted molar refractivity (Wildman–Crippen MR) is 76.3 cm³/mol. The normalized spacial score (nSPS) is 21.1. The standard InChI is InChI=1S/C15H18N2O4/c1-4-21-14(19)13-9-15(20,17(16-13)11(3)18)12-7-5-10(2)6-8-12/h5-8,20H,4,9H2,1-3H3/t15-/m0/s1. The molecule has 1 aliphatic rings. The number of hydrazone groups is 1. The fraction of sp³-hybridized carbons (Fsp3) is 0.400. The molecule has 0 spiro atoms. The van der Waals surface area contributed by atoms with Crippen molar-refractivity contribution < 1.29 is 19.4 Å². The van der Waals surface area contributed by atoms with E-state index in [0.29, 0.717) is 5.56 Å². The first-order valence-corrected chi connectivity index (χ1v) is 6.73. The van der Waals surface area contributed by atoms with Gasteiger partial charge in [0.05, 0.1) is 13.0 Å². The molecule has 0 fully saturated rings. The van der Waals surface area contributed by atoms with Gasteiger partial charge in [0.1, 0.15) is 0 Å². The van der Waals surface area contributed by atoms with Gasteiger partial charge >= 0.3 is 5.97 Å². The van der Waals surface area contributed by atoms with Gasteiger partial charge in [-0.25, -0.2) is 4.79 Å². The van der Waals surface area contributed by atoms with Crippen molar-refractivity contribution in [3.05, 3.63) is 35.4 Å². The molecule has 2 rings (SSSR count). The van der Waals surface area contributed by atoms with Crippen molar-refractivity contribution in [3.8, 4) is 0 Å². The lowest BCUT2D eigenvalue weighted by molar-refractivity contribution is -0.155. The molecule has 0 aliphatic carbocycles. The van der Waals surface area contributed by atoms with Gasteiger partial charge in [-0.1, -0.05) is 29.8 Å². The van der Waals surface area contributed by atoms with Crippen LogP contribution in [-0.2, 0) is 20.1 Å². The van der Waals surface area contributed by atoms with E-state index in [-0.39, 0.29) is 18.7 Å². The van der Waals surface area contributed by atoms with Gasteiger partial charge in [-0.15, -0.1) is 0 Å². The van der Waals surface area contributed by atoms with Gasteiger partial charge < -0.3 is 9.84 Å². The fourth-order valence-electron chi connectivity index (χ4n) is 2.25. The summed E-state index contributed by atoms with van der Waals surface area (Å²) >= 11 is 0. The molecule has 0 saturated carbocycles. The smallest absolute Gasteiger partial charge is 0.354 e. The second-order valence-corrected chi connectivity index (χ2v) is 4.96. The highest BCUT2D eigenvalue weighted by atomic mass is 16.5. The maximum absolute atomic E-state index is 11.8. The molecule has 0 saturated heterocycles. The van der Waals surface area contributed by atoms with Crippen LogP contribution in [0, 0.1) is 6.92 Å². The number of hydrogen-bond acceptors (Lipinski definition) is 5. The van der Waals surface area contributed by atoms with E-state index in [1.54, 1.807) is 19.1 Å². The van der Waals surface area contributed by atoms with Gasteiger partial charge in [-0.05, 0) is 13.8 Å². The van der Waals surface area contributed by atoms with Crippen LogP contribution in [0.4, 0.5) is 0 Å². The van der Waals surface area contributed by atoms with E-state index in [0.717, 1.165) is 10.6 Å². The van der Waals surface area contributed by atoms with E-state index in [9.17, 15) is 14.7 Å². The van der Waals surface area contributed by atoms with Crippen LogP contribution in [-0.4, -0.2) is 34.3 Å². The van der Waals surface area contributed by atoms with Gasteiger partial charge in [0, 0.05) is 12.5 Å². The summed E-state index contributed by atoms with van der Waals surface area (Å²) in [6.07, 6.45) is -0.0888. The molecule has 1 heterocycles. The Bertz CT molecular complexity index is 594. The highest BCUT2D eigenvalue weighted by molar-refractivity contribution is 6.37. The largest absolute Gasteiger partial charge is 0.461 e. The molecule has 0 bridgehead atoms. The highest BCUT2D eigenvalue weighted by Gasteiger charge is 2.46. The van der Waals surface area contributed by atoms with Gasteiger partial charge in [0.2, 0.25) is 5.91 Å². The Morgan fingerprint density at radius 1 is 1.38 bits per heavy atom. The van der Waals surface area contributed by atoms with E-state index in [4.69, 9.17) is 4.74 Å². The Morgan fingerprint density at radius 2 is 2.00 bits per heavy atom. The van der Waals surface area contributed by atoms with Gasteiger partial charge in [-0.2, -0.15) is 10.1 Å². The molecule has 0 aromatic heterocycles. The number of aliphatic hydroxyl groups is 1. The summed E-state index contributed by atoms with van der Waals surface area (Å²) in [5, 5.41) is 15.7. The molecule has 0 radical (unpaired) electrons. The van der Waals surface area contributed by atoms with Gasteiger partial charge in [0.25, 0.3) is 0 Å². The minimum Gasteiger partial charge on any atom is -0.461 e.